The summed E-state index contributed by atoms with van der Waals surface area (Å²) in [6.45, 7) is 4.84. The fourth-order valence-electron chi connectivity index (χ4n) is 1.90. The first-order valence-corrected chi connectivity index (χ1v) is 8.18. The molecule has 1 nitrogen and oxygen atoms in total. The molecule has 0 saturated heterocycles. The quantitative estimate of drug-likeness (QED) is 0.367. The lowest BCUT2D eigenvalue weighted by molar-refractivity contribution is 0.318. The zero-order valence-electron chi connectivity index (χ0n) is 11.3. The van der Waals surface area contributed by atoms with Gasteiger partial charge in [-0.3, -0.25) is 0 Å². The Kier molecular flexibility index (Phi) is 13.9. The van der Waals surface area contributed by atoms with E-state index < -0.39 is 0 Å². The van der Waals surface area contributed by atoms with E-state index in [0.29, 0.717) is 0 Å². The van der Waals surface area contributed by atoms with E-state index in [2.05, 4.69) is 34.8 Å². The second-order valence-electron chi connectivity index (χ2n) is 4.82. The summed E-state index contributed by atoms with van der Waals surface area (Å²) in [5.74, 6) is 0. The third kappa shape index (κ3) is 12.5. The van der Waals surface area contributed by atoms with E-state index in [0.717, 1.165) is 0 Å². The maximum atomic E-state index is 3.47. The van der Waals surface area contributed by atoms with Gasteiger partial charge >= 0.3 is 0 Å². The topological polar surface area (TPSA) is 3.24 Å². The van der Waals surface area contributed by atoms with Crippen LogP contribution in [0.2, 0.25) is 0 Å². The molecule has 2 heteroatoms. The highest BCUT2D eigenvalue weighted by atomic mass is 79.9. The molecule has 0 rings (SSSR count). The summed E-state index contributed by atoms with van der Waals surface area (Å²) in [6.07, 6.45) is 12.5. The molecule has 0 aromatic rings. The average Bonchev–Trinajstić information content (AvgIpc) is 2.30. The standard InChI is InChI=1S/C14H30BrN/c1-3-4-13-16(2)14-11-9-7-5-6-8-10-12-15/h3-14H2,1-2H3. The Balaban J connectivity index is 3.02. The minimum atomic E-state index is 1.18. The number of rotatable bonds is 12. The predicted molar refractivity (Wildman–Crippen MR) is 78.5 cm³/mol. The highest BCUT2D eigenvalue weighted by Gasteiger charge is 1.97. The summed E-state index contributed by atoms with van der Waals surface area (Å²) < 4.78 is 0. The summed E-state index contributed by atoms with van der Waals surface area (Å²) in [7, 11) is 2.26. The summed E-state index contributed by atoms with van der Waals surface area (Å²) >= 11 is 3.47. The minimum Gasteiger partial charge on any atom is -0.306 e. The van der Waals surface area contributed by atoms with Crippen LogP contribution in [0.15, 0.2) is 0 Å². The fraction of sp³-hybridized carbons (Fsp3) is 1.00. The Morgan fingerprint density at radius 2 is 1.25 bits per heavy atom. The smallest absolute Gasteiger partial charge is 0.00313 e. The molecule has 16 heavy (non-hydrogen) atoms. The highest BCUT2D eigenvalue weighted by molar-refractivity contribution is 9.09. The van der Waals surface area contributed by atoms with Gasteiger partial charge in [0.25, 0.3) is 0 Å². The van der Waals surface area contributed by atoms with Crippen molar-refractivity contribution in [3.05, 3.63) is 0 Å². The Hall–Kier alpha value is 0.440. The van der Waals surface area contributed by atoms with Gasteiger partial charge in [0.05, 0.1) is 0 Å². The lowest BCUT2D eigenvalue weighted by Gasteiger charge is -2.15. The van der Waals surface area contributed by atoms with Crippen LogP contribution in [0.1, 0.15) is 64.7 Å². The Morgan fingerprint density at radius 1 is 0.750 bits per heavy atom. The third-order valence-corrected chi connectivity index (χ3v) is 3.63. The molecule has 0 aromatic carbocycles. The number of alkyl halides is 1. The van der Waals surface area contributed by atoms with Crippen LogP contribution in [0.3, 0.4) is 0 Å². The predicted octanol–water partition coefficient (Wildman–Crippen LogP) is 4.84. The van der Waals surface area contributed by atoms with Gasteiger partial charge in [-0.25, -0.2) is 0 Å². The van der Waals surface area contributed by atoms with Crippen LogP contribution >= 0.6 is 15.9 Å². The molecule has 0 unspecified atom stereocenters. The van der Waals surface area contributed by atoms with Crippen molar-refractivity contribution < 1.29 is 0 Å². The molecular weight excluding hydrogens is 262 g/mol. The summed E-state index contributed by atoms with van der Waals surface area (Å²) in [6, 6.07) is 0. The van der Waals surface area contributed by atoms with E-state index in [1.54, 1.807) is 0 Å². The molecule has 0 spiro atoms. The van der Waals surface area contributed by atoms with E-state index in [9.17, 15) is 0 Å². The van der Waals surface area contributed by atoms with Crippen molar-refractivity contribution in [2.75, 3.05) is 25.5 Å². The summed E-state index contributed by atoms with van der Waals surface area (Å²) in [4.78, 5) is 2.48. The van der Waals surface area contributed by atoms with Crippen molar-refractivity contribution in [3.63, 3.8) is 0 Å². The SMILES string of the molecule is CCCCN(C)CCCCCCCCCBr. The zero-order chi connectivity index (χ0) is 12.1. The highest BCUT2D eigenvalue weighted by Crippen LogP contribution is 2.08. The van der Waals surface area contributed by atoms with Gasteiger partial charge in [0, 0.05) is 5.33 Å². The van der Waals surface area contributed by atoms with E-state index >= 15 is 0 Å². The van der Waals surface area contributed by atoms with E-state index in [4.69, 9.17) is 0 Å². The van der Waals surface area contributed by atoms with Crippen LogP contribution < -0.4 is 0 Å². The first-order chi connectivity index (χ1) is 7.81. The van der Waals surface area contributed by atoms with Crippen LogP contribution in [0.5, 0.6) is 0 Å². The number of hydrogen-bond acceptors (Lipinski definition) is 1. The molecule has 0 atom stereocenters. The van der Waals surface area contributed by atoms with Crippen LogP contribution in [0.4, 0.5) is 0 Å². The molecule has 98 valence electrons. The molecule has 0 heterocycles. The maximum Gasteiger partial charge on any atom is 0.00313 e. The normalized spacial score (nSPS) is 11.2. The Morgan fingerprint density at radius 3 is 1.81 bits per heavy atom. The molecule has 0 aromatic heterocycles. The molecule has 0 aliphatic heterocycles. The Bertz CT molecular complexity index is 128. The molecule has 0 aliphatic rings. The van der Waals surface area contributed by atoms with E-state index in [1.807, 2.05) is 0 Å². The summed E-state index contributed by atoms with van der Waals surface area (Å²) in [5.41, 5.74) is 0. The van der Waals surface area contributed by atoms with Gasteiger partial charge in [0.2, 0.25) is 0 Å². The molecular formula is C14H30BrN. The lowest BCUT2D eigenvalue weighted by Crippen LogP contribution is -2.20. The van der Waals surface area contributed by atoms with Crippen molar-refractivity contribution in [2.24, 2.45) is 0 Å². The summed E-state index contributed by atoms with van der Waals surface area (Å²) in [5, 5.41) is 1.18. The maximum absolute atomic E-state index is 3.47. The van der Waals surface area contributed by atoms with Crippen LogP contribution in [0, 0.1) is 0 Å². The van der Waals surface area contributed by atoms with Crippen LogP contribution in [-0.4, -0.2) is 30.4 Å². The van der Waals surface area contributed by atoms with Crippen molar-refractivity contribution in [1.82, 2.24) is 4.90 Å². The molecule has 0 N–H and O–H groups in total. The lowest BCUT2D eigenvalue weighted by atomic mass is 10.1. The first-order valence-electron chi connectivity index (χ1n) is 7.05. The van der Waals surface area contributed by atoms with Gasteiger partial charge in [-0.15, -0.1) is 0 Å². The zero-order valence-corrected chi connectivity index (χ0v) is 12.9. The number of halogens is 1. The number of hydrogen-bond donors (Lipinski definition) is 0. The molecule has 0 saturated carbocycles. The molecule has 0 aliphatic carbocycles. The van der Waals surface area contributed by atoms with Crippen LogP contribution in [0.25, 0.3) is 0 Å². The fourth-order valence-corrected chi connectivity index (χ4v) is 2.30. The largest absolute Gasteiger partial charge is 0.306 e. The van der Waals surface area contributed by atoms with Gasteiger partial charge in [-0.1, -0.05) is 61.4 Å². The average molecular weight is 292 g/mol. The van der Waals surface area contributed by atoms with Gasteiger partial charge < -0.3 is 4.90 Å². The van der Waals surface area contributed by atoms with Gasteiger partial charge in [-0.05, 0) is 39.4 Å². The molecule has 0 radical (unpaired) electrons. The Labute approximate surface area is 111 Å². The number of unbranched alkanes of at least 4 members (excludes halogenated alkanes) is 7. The third-order valence-electron chi connectivity index (χ3n) is 3.07. The first kappa shape index (κ1) is 16.4. The van der Waals surface area contributed by atoms with E-state index in [1.165, 1.54) is 76.2 Å². The second-order valence-corrected chi connectivity index (χ2v) is 5.61. The second kappa shape index (κ2) is 13.5. The van der Waals surface area contributed by atoms with Crippen molar-refractivity contribution >= 4 is 15.9 Å². The molecule has 0 fully saturated rings. The molecule has 0 bridgehead atoms. The van der Waals surface area contributed by atoms with Crippen molar-refractivity contribution in [3.8, 4) is 0 Å². The van der Waals surface area contributed by atoms with Gasteiger partial charge in [0.15, 0.2) is 0 Å². The minimum absolute atomic E-state index is 1.18. The van der Waals surface area contributed by atoms with Crippen molar-refractivity contribution in [2.45, 2.75) is 64.7 Å². The monoisotopic (exact) mass is 291 g/mol. The van der Waals surface area contributed by atoms with Gasteiger partial charge in [-0.2, -0.15) is 0 Å². The van der Waals surface area contributed by atoms with Crippen molar-refractivity contribution in [1.29, 1.82) is 0 Å². The van der Waals surface area contributed by atoms with Crippen LogP contribution in [-0.2, 0) is 0 Å². The van der Waals surface area contributed by atoms with Gasteiger partial charge in [0.1, 0.15) is 0 Å². The molecule has 0 amide bonds. The van der Waals surface area contributed by atoms with E-state index in [-0.39, 0.29) is 0 Å². The number of nitrogens with zero attached hydrogens (tertiary/aromatic N) is 1.